The molecule has 0 heterocycles. The molecule has 0 aliphatic carbocycles. The first-order chi connectivity index (χ1) is 9.58. The number of Topliss-reactive ketones (excluding diaryl/α,β-unsaturated/α-hetero) is 1. The Balaban J connectivity index is 1.96. The van der Waals surface area contributed by atoms with E-state index in [9.17, 15) is 4.79 Å². The van der Waals surface area contributed by atoms with Crippen LogP contribution in [0.15, 0.2) is 42.5 Å². The fraction of sp³-hybridized carbons (Fsp3) is 0.235. The van der Waals surface area contributed by atoms with Gasteiger partial charge in [-0.05, 0) is 37.1 Å². The summed E-state index contributed by atoms with van der Waals surface area (Å²) in [4.78, 5) is 12.2. The van der Waals surface area contributed by atoms with Crippen molar-refractivity contribution < 1.29 is 4.79 Å². The topological polar surface area (TPSA) is 17.1 Å². The van der Waals surface area contributed by atoms with E-state index in [1.807, 2.05) is 56.3 Å². The number of ketones is 1. The summed E-state index contributed by atoms with van der Waals surface area (Å²) in [5.74, 6) is 1.43. The van der Waals surface area contributed by atoms with Crippen LogP contribution in [-0.2, 0) is 5.75 Å². The molecule has 0 N–H and O–H groups in total. The van der Waals surface area contributed by atoms with Gasteiger partial charge in [-0.3, -0.25) is 4.79 Å². The van der Waals surface area contributed by atoms with Crippen molar-refractivity contribution in [3.63, 3.8) is 0 Å². The van der Waals surface area contributed by atoms with Crippen molar-refractivity contribution in [2.75, 3.05) is 5.75 Å². The standard InChI is InChI=1S/C17H17ClOS/c1-12-7-8-13(2)15(9-12)17(19)11-20-10-14-5-3-4-6-16(14)18/h3-9H,10-11H2,1-2H3. The number of benzene rings is 2. The second kappa shape index (κ2) is 6.96. The average molecular weight is 305 g/mol. The van der Waals surface area contributed by atoms with E-state index in [0.717, 1.165) is 33.0 Å². The summed E-state index contributed by atoms with van der Waals surface area (Å²) in [6, 6.07) is 13.8. The van der Waals surface area contributed by atoms with E-state index < -0.39 is 0 Å². The lowest BCUT2D eigenvalue weighted by Gasteiger charge is -2.07. The van der Waals surface area contributed by atoms with Crippen LogP contribution in [0, 0.1) is 13.8 Å². The Kier molecular flexibility index (Phi) is 5.27. The maximum absolute atomic E-state index is 12.2. The van der Waals surface area contributed by atoms with Crippen LogP contribution in [0.5, 0.6) is 0 Å². The van der Waals surface area contributed by atoms with Gasteiger partial charge in [0.15, 0.2) is 5.78 Å². The maximum Gasteiger partial charge on any atom is 0.173 e. The first-order valence-electron chi connectivity index (χ1n) is 6.49. The molecule has 0 aliphatic heterocycles. The van der Waals surface area contributed by atoms with Crippen LogP contribution in [0.25, 0.3) is 0 Å². The van der Waals surface area contributed by atoms with Crippen LogP contribution in [0.2, 0.25) is 5.02 Å². The number of thioether (sulfide) groups is 1. The Morgan fingerprint density at radius 3 is 2.65 bits per heavy atom. The number of hydrogen-bond acceptors (Lipinski definition) is 2. The molecule has 20 heavy (non-hydrogen) atoms. The monoisotopic (exact) mass is 304 g/mol. The minimum absolute atomic E-state index is 0.184. The number of rotatable bonds is 5. The van der Waals surface area contributed by atoms with Gasteiger partial charge in [0.1, 0.15) is 0 Å². The molecule has 0 atom stereocenters. The summed E-state index contributed by atoms with van der Waals surface area (Å²) in [5, 5.41) is 0.763. The molecule has 2 aromatic carbocycles. The van der Waals surface area contributed by atoms with Crippen molar-refractivity contribution in [2.45, 2.75) is 19.6 Å². The molecule has 0 radical (unpaired) electrons. The molecule has 2 aromatic rings. The van der Waals surface area contributed by atoms with Crippen LogP contribution in [0.3, 0.4) is 0 Å². The summed E-state index contributed by atoms with van der Waals surface area (Å²) in [6.45, 7) is 3.98. The summed E-state index contributed by atoms with van der Waals surface area (Å²) in [7, 11) is 0. The molecule has 0 amide bonds. The third-order valence-corrected chi connectivity index (χ3v) is 4.49. The Bertz CT molecular complexity index is 622. The van der Waals surface area contributed by atoms with E-state index in [4.69, 9.17) is 11.6 Å². The van der Waals surface area contributed by atoms with Gasteiger partial charge in [0, 0.05) is 16.3 Å². The van der Waals surface area contributed by atoms with E-state index in [1.165, 1.54) is 0 Å². The van der Waals surface area contributed by atoms with Crippen molar-refractivity contribution in [3.8, 4) is 0 Å². The molecule has 0 unspecified atom stereocenters. The lowest BCUT2D eigenvalue weighted by atomic mass is 10.0. The van der Waals surface area contributed by atoms with Crippen LogP contribution in [-0.4, -0.2) is 11.5 Å². The van der Waals surface area contributed by atoms with Gasteiger partial charge in [0.2, 0.25) is 0 Å². The van der Waals surface area contributed by atoms with E-state index in [0.29, 0.717) is 5.75 Å². The van der Waals surface area contributed by atoms with Crippen LogP contribution < -0.4 is 0 Å². The highest BCUT2D eigenvalue weighted by atomic mass is 35.5. The van der Waals surface area contributed by atoms with Gasteiger partial charge in [-0.2, -0.15) is 0 Å². The zero-order chi connectivity index (χ0) is 14.5. The molecule has 1 nitrogen and oxygen atoms in total. The number of halogens is 1. The van der Waals surface area contributed by atoms with Crippen LogP contribution in [0.1, 0.15) is 27.0 Å². The Morgan fingerprint density at radius 1 is 1.15 bits per heavy atom. The minimum Gasteiger partial charge on any atom is -0.293 e. The lowest BCUT2D eigenvalue weighted by molar-refractivity contribution is 0.102. The quantitative estimate of drug-likeness (QED) is 0.717. The molecule has 2 rings (SSSR count). The second-order valence-electron chi connectivity index (χ2n) is 4.83. The smallest absolute Gasteiger partial charge is 0.173 e. The second-order valence-corrected chi connectivity index (χ2v) is 6.22. The first-order valence-corrected chi connectivity index (χ1v) is 8.03. The van der Waals surface area contributed by atoms with Gasteiger partial charge in [-0.25, -0.2) is 0 Å². The molecule has 0 spiro atoms. The Hall–Kier alpha value is -1.25. The highest BCUT2D eigenvalue weighted by molar-refractivity contribution is 7.99. The zero-order valence-electron chi connectivity index (χ0n) is 11.7. The number of hydrogen-bond donors (Lipinski definition) is 0. The summed E-state index contributed by atoms with van der Waals surface area (Å²) >= 11 is 7.71. The van der Waals surface area contributed by atoms with Crippen LogP contribution in [0.4, 0.5) is 0 Å². The zero-order valence-corrected chi connectivity index (χ0v) is 13.2. The molecular formula is C17H17ClOS. The summed E-state index contributed by atoms with van der Waals surface area (Å²) in [5.41, 5.74) is 4.07. The van der Waals surface area contributed by atoms with Crippen molar-refractivity contribution >= 4 is 29.1 Å². The molecule has 0 fully saturated rings. The maximum atomic E-state index is 12.2. The van der Waals surface area contributed by atoms with E-state index in [1.54, 1.807) is 11.8 Å². The molecule has 0 saturated heterocycles. The van der Waals surface area contributed by atoms with Gasteiger partial charge in [-0.15, -0.1) is 11.8 Å². The summed E-state index contributed by atoms with van der Waals surface area (Å²) in [6.07, 6.45) is 0. The molecule has 0 aliphatic rings. The largest absolute Gasteiger partial charge is 0.293 e. The van der Waals surface area contributed by atoms with Crippen molar-refractivity contribution in [1.82, 2.24) is 0 Å². The molecule has 3 heteroatoms. The number of carbonyl (C=O) groups excluding carboxylic acids is 1. The highest BCUT2D eigenvalue weighted by Gasteiger charge is 2.10. The van der Waals surface area contributed by atoms with E-state index in [2.05, 4.69) is 0 Å². The Labute approximate surface area is 129 Å². The first kappa shape index (κ1) is 15.1. The van der Waals surface area contributed by atoms with Gasteiger partial charge < -0.3 is 0 Å². The third kappa shape index (κ3) is 3.87. The molecule has 0 bridgehead atoms. The molecule has 0 saturated carbocycles. The third-order valence-electron chi connectivity index (χ3n) is 3.14. The van der Waals surface area contributed by atoms with E-state index in [-0.39, 0.29) is 5.78 Å². The lowest BCUT2D eigenvalue weighted by Crippen LogP contribution is -2.05. The predicted molar refractivity (Wildman–Crippen MR) is 87.9 cm³/mol. The van der Waals surface area contributed by atoms with Crippen molar-refractivity contribution in [2.24, 2.45) is 0 Å². The van der Waals surface area contributed by atoms with Gasteiger partial charge >= 0.3 is 0 Å². The SMILES string of the molecule is Cc1ccc(C)c(C(=O)CSCc2ccccc2Cl)c1. The normalized spacial score (nSPS) is 10.6. The van der Waals surface area contributed by atoms with Crippen molar-refractivity contribution in [1.29, 1.82) is 0 Å². The number of aryl methyl sites for hydroxylation is 2. The molecular weight excluding hydrogens is 288 g/mol. The van der Waals surface area contributed by atoms with E-state index >= 15 is 0 Å². The fourth-order valence-corrected chi connectivity index (χ4v) is 3.18. The predicted octanol–water partition coefficient (Wildman–Crippen LogP) is 5.07. The van der Waals surface area contributed by atoms with Gasteiger partial charge in [-0.1, -0.05) is 47.5 Å². The highest BCUT2D eigenvalue weighted by Crippen LogP contribution is 2.22. The van der Waals surface area contributed by atoms with Crippen LogP contribution >= 0.6 is 23.4 Å². The molecule has 0 aromatic heterocycles. The fourth-order valence-electron chi connectivity index (χ4n) is 1.98. The van der Waals surface area contributed by atoms with Gasteiger partial charge in [0.05, 0.1) is 5.75 Å². The average Bonchev–Trinajstić information content (AvgIpc) is 2.43. The van der Waals surface area contributed by atoms with Gasteiger partial charge in [0.25, 0.3) is 0 Å². The molecule has 104 valence electrons. The van der Waals surface area contributed by atoms with Crippen molar-refractivity contribution in [3.05, 3.63) is 69.7 Å². The Morgan fingerprint density at radius 2 is 1.90 bits per heavy atom. The number of carbonyl (C=O) groups is 1. The summed E-state index contributed by atoms with van der Waals surface area (Å²) < 4.78 is 0. The minimum atomic E-state index is 0.184.